The average Bonchev–Trinajstić information content (AvgIpc) is 3.30. The maximum absolute atomic E-state index is 12.6. The van der Waals surface area contributed by atoms with Crippen LogP contribution < -0.4 is 4.74 Å². The molecule has 0 saturated carbocycles. The fourth-order valence-electron chi connectivity index (χ4n) is 3.17. The van der Waals surface area contributed by atoms with Gasteiger partial charge in [0.1, 0.15) is 18.7 Å². The van der Waals surface area contributed by atoms with Gasteiger partial charge in [-0.25, -0.2) is 4.68 Å². The molecule has 4 rings (SSSR count). The molecule has 162 valence electrons. The lowest BCUT2D eigenvalue weighted by molar-refractivity contribution is -0.137. The van der Waals surface area contributed by atoms with Gasteiger partial charge in [-0.05, 0) is 69.1 Å². The molecule has 0 fully saturated rings. The van der Waals surface area contributed by atoms with Crippen molar-refractivity contribution in [1.29, 1.82) is 0 Å². The zero-order valence-electron chi connectivity index (χ0n) is 16.9. The van der Waals surface area contributed by atoms with Gasteiger partial charge in [-0.2, -0.15) is 13.2 Å². The van der Waals surface area contributed by atoms with Crippen LogP contribution in [0.5, 0.6) is 5.75 Å². The second-order valence-corrected chi connectivity index (χ2v) is 7.07. The van der Waals surface area contributed by atoms with Crippen molar-refractivity contribution in [3.8, 4) is 16.9 Å². The minimum atomic E-state index is -4.33. The Kier molecular flexibility index (Phi) is 6.30. The Bertz CT molecular complexity index is 1190. The van der Waals surface area contributed by atoms with Crippen molar-refractivity contribution in [2.45, 2.75) is 12.7 Å². The van der Waals surface area contributed by atoms with Gasteiger partial charge in [0, 0.05) is 0 Å². The van der Waals surface area contributed by atoms with Gasteiger partial charge in [0.25, 0.3) is 0 Å². The van der Waals surface area contributed by atoms with Gasteiger partial charge in [-0.15, -0.1) is 5.10 Å². The molecule has 3 aromatic carbocycles. The third-order valence-electron chi connectivity index (χ3n) is 4.72. The summed E-state index contributed by atoms with van der Waals surface area (Å²) in [6.07, 6.45) is 0.733. The van der Waals surface area contributed by atoms with E-state index in [9.17, 15) is 13.2 Å². The molecule has 0 spiro atoms. The molecule has 0 amide bonds. The highest BCUT2D eigenvalue weighted by molar-refractivity contribution is 5.65. The summed E-state index contributed by atoms with van der Waals surface area (Å²) >= 11 is 0. The average molecular weight is 436 g/mol. The zero-order chi connectivity index (χ0) is 22.4. The van der Waals surface area contributed by atoms with Crippen molar-refractivity contribution in [3.63, 3.8) is 0 Å². The van der Waals surface area contributed by atoms with Gasteiger partial charge < -0.3 is 4.74 Å². The Hall–Kier alpha value is -3.94. The number of benzene rings is 3. The zero-order valence-corrected chi connectivity index (χ0v) is 16.9. The molecular weight excluding hydrogens is 417 g/mol. The number of hydrogen-bond acceptors (Lipinski definition) is 4. The second kappa shape index (κ2) is 9.47. The summed E-state index contributed by atoms with van der Waals surface area (Å²) in [6, 6.07) is 20.8. The fourth-order valence-corrected chi connectivity index (χ4v) is 3.17. The maximum Gasteiger partial charge on any atom is 0.416 e. The van der Waals surface area contributed by atoms with E-state index in [-0.39, 0.29) is 0 Å². The SMILES string of the molecule is FC(F)(F)c1ccc(/C=C/COc2cccc(-c3cccc(Cn4cnnn4)c3)c2)cc1. The van der Waals surface area contributed by atoms with Crippen molar-refractivity contribution in [2.75, 3.05) is 6.61 Å². The molecule has 0 aliphatic carbocycles. The number of hydrogen-bond donors (Lipinski definition) is 0. The summed E-state index contributed by atoms with van der Waals surface area (Å²) in [5, 5.41) is 11.2. The Labute approximate surface area is 182 Å². The van der Waals surface area contributed by atoms with Crippen LogP contribution in [0.1, 0.15) is 16.7 Å². The van der Waals surface area contributed by atoms with E-state index in [4.69, 9.17) is 4.74 Å². The van der Waals surface area contributed by atoms with Crippen molar-refractivity contribution in [2.24, 2.45) is 0 Å². The molecular formula is C24H19F3N4O. The molecule has 0 atom stereocenters. The Morgan fingerprint density at radius 2 is 1.66 bits per heavy atom. The number of rotatable bonds is 7. The van der Waals surface area contributed by atoms with Gasteiger partial charge in [0.15, 0.2) is 0 Å². The molecule has 0 N–H and O–H groups in total. The number of aromatic nitrogens is 4. The number of nitrogens with zero attached hydrogens (tertiary/aromatic N) is 4. The van der Waals surface area contributed by atoms with E-state index >= 15 is 0 Å². The van der Waals surface area contributed by atoms with Crippen molar-refractivity contribution < 1.29 is 17.9 Å². The molecule has 0 unspecified atom stereocenters. The van der Waals surface area contributed by atoms with Crippen LogP contribution in [0.4, 0.5) is 13.2 Å². The van der Waals surface area contributed by atoms with Crippen LogP contribution in [0.25, 0.3) is 17.2 Å². The molecule has 0 aliphatic rings. The molecule has 0 radical (unpaired) electrons. The topological polar surface area (TPSA) is 52.8 Å². The van der Waals surface area contributed by atoms with Gasteiger partial charge in [0.05, 0.1) is 12.1 Å². The first-order valence-electron chi connectivity index (χ1n) is 9.84. The maximum atomic E-state index is 12.6. The van der Waals surface area contributed by atoms with Crippen LogP contribution in [-0.4, -0.2) is 26.8 Å². The monoisotopic (exact) mass is 436 g/mol. The lowest BCUT2D eigenvalue weighted by Crippen LogP contribution is -2.03. The van der Waals surface area contributed by atoms with Crippen LogP contribution in [0.2, 0.25) is 0 Å². The Morgan fingerprint density at radius 3 is 2.38 bits per heavy atom. The summed E-state index contributed by atoms with van der Waals surface area (Å²) < 4.78 is 45.3. The van der Waals surface area contributed by atoms with E-state index < -0.39 is 11.7 Å². The number of ether oxygens (including phenoxy) is 1. The smallest absolute Gasteiger partial charge is 0.416 e. The summed E-state index contributed by atoms with van der Waals surface area (Å²) in [6.45, 7) is 0.871. The predicted molar refractivity (Wildman–Crippen MR) is 115 cm³/mol. The first-order chi connectivity index (χ1) is 15.5. The standard InChI is InChI=1S/C24H19F3N4O/c25-24(26,27)22-11-9-18(10-12-22)5-3-13-32-23-8-2-7-21(15-23)20-6-1-4-19(14-20)16-31-17-28-29-30-31/h1-12,14-15,17H,13,16H2/b5-3+. The minimum Gasteiger partial charge on any atom is -0.490 e. The second-order valence-electron chi connectivity index (χ2n) is 7.07. The molecule has 32 heavy (non-hydrogen) atoms. The van der Waals surface area contributed by atoms with Crippen LogP contribution >= 0.6 is 0 Å². The fraction of sp³-hybridized carbons (Fsp3) is 0.125. The normalized spacial score (nSPS) is 11.7. The third-order valence-corrected chi connectivity index (χ3v) is 4.72. The number of alkyl halides is 3. The molecule has 0 bridgehead atoms. The molecule has 1 heterocycles. The first kappa shape index (κ1) is 21.3. The summed E-state index contributed by atoms with van der Waals surface area (Å²) in [5.74, 6) is 0.699. The molecule has 0 aliphatic heterocycles. The molecule has 4 aromatic rings. The Morgan fingerprint density at radius 1 is 0.906 bits per heavy atom. The van der Waals surface area contributed by atoms with Gasteiger partial charge >= 0.3 is 6.18 Å². The summed E-state index contributed by atoms with van der Waals surface area (Å²) in [5.41, 5.74) is 3.13. The minimum absolute atomic E-state index is 0.295. The first-order valence-corrected chi connectivity index (χ1v) is 9.84. The van der Waals surface area contributed by atoms with Crippen molar-refractivity contribution in [1.82, 2.24) is 20.2 Å². The summed E-state index contributed by atoms with van der Waals surface area (Å²) in [7, 11) is 0. The molecule has 5 nitrogen and oxygen atoms in total. The number of tetrazole rings is 1. The quantitative estimate of drug-likeness (QED) is 0.384. The van der Waals surface area contributed by atoms with Crippen molar-refractivity contribution >= 4 is 6.08 Å². The molecule has 8 heteroatoms. The van der Waals surface area contributed by atoms with E-state index in [2.05, 4.69) is 21.6 Å². The largest absolute Gasteiger partial charge is 0.490 e. The van der Waals surface area contributed by atoms with Gasteiger partial charge in [-0.1, -0.05) is 48.5 Å². The van der Waals surface area contributed by atoms with Gasteiger partial charge in [0.2, 0.25) is 0 Å². The third kappa shape index (κ3) is 5.60. The van der Waals surface area contributed by atoms with Crippen LogP contribution in [0.15, 0.2) is 85.2 Å². The number of halogens is 3. The highest BCUT2D eigenvalue weighted by Gasteiger charge is 2.29. The van der Waals surface area contributed by atoms with Gasteiger partial charge in [-0.3, -0.25) is 0 Å². The predicted octanol–water partition coefficient (Wildman–Crippen LogP) is 5.50. The molecule has 1 aromatic heterocycles. The van der Waals surface area contributed by atoms with E-state index in [0.717, 1.165) is 28.8 Å². The lowest BCUT2D eigenvalue weighted by Gasteiger charge is -2.08. The van der Waals surface area contributed by atoms with E-state index in [1.165, 1.54) is 12.1 Å². The highest BCUT2D eigenvalue weighted by atomic mass is 19.4. The van der Waals surface area contributed by atoms with E-state index in [1.54, 1.807) is 23.2 Å². The Balaban J connectivity index is 1.38. The molecule has 0 saturated heterocycles. The van der Waals surface area contributed by atoms with Crippen LogP contribution in [0, 0.1) is 0 Å². The highest BCUT2D eigenvalue weighted by Crippen LogP contribution is 2.29. The van der Waals surface area contributed by atoms with Crippen LogP contribution in [0.3, 0.4) is 0 Å². The van der Waals surface area contributed by atoms with Crippen LogP contribution in [-0.2, 0) is 12.7 Å². The van der Waals surface area contributed by atoms with Crippen molar-refractivity contribution in [3.05, 3.63) is 102 Å². The lowest BCUT2D eigenvalue weighted by atomic mass is 10.0. The van der Waals surface area contributed by atoms with E-state index in [1.807, 2.05) is 42.5 Å². The van der Waals surface area contributed by atoms with E-state index in [0.29, 0.717) is 24.5 Å². The summed E-state index contributed by atoms with van der Waals surface area (Å²) in [4.78, 5) is 0.